The fraction of sp³-hybridized carbons (Fsp3) is 0.111. The fourth-order valence-corrected chi connectivity index (χ4v) is 3.03. The molecular weight excluding hydrogens is 319 g/mol. The highest BCUT2D eigenvalue weighted by Crippen LogP contribution is 2.37. The zero-order chi connectivity index (χ0) is 9.42. The van der Waals surface area contributed by atoms with Gasteiger partial charge in [0.25, 0.3) is 0 Å². The van der Waals surface area contributed by atoms with Gasteiger partial charge < -0.3 is 4.74 Å². The molecule has 0 unspecified atom stereocenters. The minimum atomic E-state index is 0.803. The van der Waals surface area contributed by atoms with Crippen molar-refractivity contribution in [3.8, 4) is 5.75 Å². The lowest BCUT2D eigenvalue weighted by molar-refractivity contribution is 0.420. The Morgan fingerprint density at radius 2 is 2.23 bits per heavy atom. The van der Waals surface area contributed by atoms with Gasteiger partial charge in [-0.15, -0.1) is 11.3 Å². The lowest BCUT2D eigenvalue weighted by atomic mass is 10.2. The molecule has 0 aliphatic rings. The lowest BCUT2D eigenvalue weighted by Gasteiger charge is -2.01. The molecule has 1 nitrogen and oxygen atoms in total. The number of hydrogen-bond acceptors (Lipinski definition) is 2. The Bertz CT molecular complexity index is 452. The minimum absolute atomic E-state index is 0.803. The van der Waals surface area contributed by atoms with Crippen molar-refractivity contribution in [3.05, 3.63) is 26.1 Å². The SMILES string of the molecule is COc1cc(I)cc2c(Cl)csc12. The first kappa shape index (κ1) is 9.55. The van der Waals surface area contributed by atoms with Crippen molar-refractivity contribution in [1.82, 2.24) is 0 Å². The van der Waals surface area contributed by atoms with E-state index in [1.54, 1.807) is 18.4 Å². The molecule has 0 N–H and O–H groups in total. The van der Waals surface area contributed by atoms with E-state index in [2.05, 4.69) is 28.7 Å². The summed E-state index contributed by atoms with van der Waals surface area (Å²) in [5.74, 6) is 0.902. The third-order valence-electron chi connectivity index (χ3n) is 1.78. The fourth-order valence-electron chi connectivity index (χ4n) is 1.19. The molecule has 0 saturated heterocycles. The number of ether oxygens (including phenoxy) is 1. The molecule has 0 fully saturated rings. The van der Waals surface area contributed by atoms with Gasteiger partial charge in [0.2, 0.25) is 0 Å². The Hall–Kier alpha value is -0.000000000000000139. The van der Waals surface area contributed by atoms with Gasteiger partial charge in [-0.25, -0.2) is 0 Å². The van der Waals surface area contributed by atoms with Crippen molar-refractivity contribution < 1.29 is 4.74 Å². The van der Waals surface area contributed by atoms with Crippen molar-refractivity contribution >= 4 is 55.6 Å². The molecule has 0 aliphatic carbocycles. The van der Waals surface area contributed by atoms with E-state index in [-0.39, 0.29) is 0 Å². The first-order valence-corrected chi connectivity index (χ1v) is 5.96. The summed E-state index contributed by atoms with van der Waals surface area (Å²) in [7, 11) is 1.68. The average Bonchev–Trinajstić information content (AvgIpc) is 2.47. The van der Waals surface area contributed by atoms with Crippen LogP contribution in [0.1, 0.15) is 0 Å². The van der Waals surface area contributed by atoms with Crippen LogP contribution in [0.3, 0.4) is 0 Å². The van der Waals surface area contributed by atoms with Crippen LogP contribution in [0.5, 0.6) is 5.75 Å². The molecule has 0 spiro atoms. The maximum atomic E-state index is 6.03. The molecule has 0 saturated carbocycles. The van der Waals surface area contributed by atoms with E-state index in [0.717, 1.165) is 24.4 Å². The normalized spacial score (nSPS) is 10.7. The van der Waals surface area contributed by atoms with Crippen LogP contribution in [0, 0.1) is 3.57 Å². The van der Waals surface area contributed by atoms with Gasteiger partial charge in [-0.3, -0.25) is 0 Å². The molecule has 68 valence electrons. The maximum absolute atomic E-state index is 6.03. The summed E-state index contributed by atoms with van der Waals surface area (Å²) in [5, 5.41) is 3.82. The Morgan fingerprint density at radius 3 is 2.92 bits per heavy atom. The van der Waals surface area contributed by atoms with Gasteiger partial charge >= 0.3 is 0 Å². The topological polar surface area (TPSA) is 9.23 Å². The minimum Gasteiger partial charge on any atom is -0.495 e. The highest BCUT2D eigenvalue weighted by atomic mass is 127. The number of methoxy groups -OCH3 is 1. The first-order valence-electron chi connectivity index (χ1n) is 3.62. The average molecular weight is 325 g/mol. The van der Waals surface area contributed by atoms with Gasteiger partial charge in [0, 0.05) is 14.3 Å². The standard InChI is InChI=1S/C9H6ClIOS/c1-12-8-3-5(11)2-6-7(10)4-13-9(6)8/h2-4H,1H3. The van der Waals surface area contributed by atoms with Crippen molar-refractivity contribution in [1.29, 1.82) is 0 Å². The number of fused-ring (bicyclic) bond motifs is 1. The Balaban J connectivity index is 2.84. The zero-order valence-electron chi connectivity index (χ0n) is 6.80. The largest absolute Gasteiger partial charge is 0.495 e. The van der Waals surface area contributed by atoms with Gasteiger partial charge in [-0.05, 0) is 34.7 Å². The predicted octanol–water partition coefficient (Wildman–Crippen LogP) is 4.17. The first-order chi connectivity index (χ1) is 6.22. The highest BCUT2D eigenvalue weighted by molar-refractivity contribution is 14.1. The summed E-state index contributed by atoms with van der Waals surface area (Å²) in [6.07, 6.45) is 0. The molecule has 0 aliphatic heterocycles. The van der Waals surface area contributed by atoms with Gasteiger partial charge in [-0.1, -0.05) is 11.6 Å². The van der Waals surface area contributed by atoms with Gasteiger partial charge in [0.1, 0.15) is 5.75 Å². The smallest absolute Gasteiger partial charge is 0.137 e. The molecule has 0 radical (unpaired) electrons. The number of rotatable bonds is 1. The molecule has 4 heteroatoms. The van der Waals surface area contributed by atoms with Gasteiger partial charge in [-0.2, -0.15) is 0 Å². The number of halogens is 2. The van der Waals surface area contributed by atoms with Crippen molar-refractivity contribution in [2.45, 2.75) is 0 Å². The Morgan fingerprint density at radius 1 is 1.46 bits per heavy atom. The van der Waals surface area contributed by atoms with E-state index in [4.69, 9.17) is 16.3 Å². The van der Waals surface area contributed by atoms with E-state index in [9.17, 15) is 0 Å². The van der Waals surface area contributed by atoms with E-state index >= 15 is 0 Å². The van der Waals surface area contributed by atoms with Crippen LogP contribution in [-0.4, -0.2) is 7.11 Å². The summed E-state index contributed by atoms with van der Waals surface area (Å²) in [6.45, 7) is 0. The molecule has 2 aromatic rings. The molecular formula is C9H6ClIOS. The van der Waals surface area contributed by atoms with Crippen molar-refractivity contribution in [2.75, 3.05) is 7.11 Å². The van der Waals surface area contributed by atoms with Crippen LogP contribution < -0.4 is 4.74 Å². The summed E-state index contributed by atoms with van der Waals surface area (Å²) < 4.78 is 7.53. The lowest BCUT2D eigenvalue weighted by Crippen LogP contribution is -1.83. The summed E-state index contributed by atoms with van der Waals surface area (Å²) in [4.78, 5) is 0. The van der Waals surface area contributed by atoms with Gasteiger partial charge in [0.15, 0.2) is 0 Å². The van der Waals surface area contributed by atoms with Crippen LogP contribution in [0.2, 0.25) is 5.02 Å². The number of thiophene rings is 1. The molecule has 1 heterocycles. The zero-order valence-corrected chi connectivity index (χ0v) is 10.5. The second-order valence-corrected chi connectivity index (χ2v) is 5.10. The highest BCUT2D eigenvalue weighted by Gasteiger charge is 2.08. The Labute approximate surface area is 98.8 Å². The maximum Gasteiger partial charge on any atom is 0.137 e. The van der Waals surface area contributed by atoms with Crippen LogP contribution in [0.15, 0.2) is 17.5 Å². The van der Waals surface area contributed by atoms with Crippen LogP contribution >= 0.6 is 45.5 Å². The number of hydrogen-bond donors (Lipinski definition) is 0. The molecule has 13 heavy (non-hydrogen) atoms. The second kappa shape index (κ2) is 3.63. The molecule has 1 aromatic heterocycles. The van der Waals surface area contributed by atoms with E-state index in [0.29, 0.717) is 0 Å². The van der Waals surface area contributed by atoms with Crippen molar-refractivity contribution in [3.63, 3.8) is 0 Å². The molecule has 0 atom stereocenters. The molecule has 1 aromatic carbocycles. The third kappa shape index (κ3) is 1.65. The summed E-state index contributed by atoms with van der Waals surface area (Å²) in [5.41, 5.74) is 0. The molecule has 2 rings (SSSR count). The molecule has 0 amide bonds. The monoisotopic (exact) mass is 324 g/mol. The van der Waals surface area contributed by atoms with Crippen LogP contribution in [0.4, 0.5) is 0 Å². The second-order valence-electron chi connectivity index (χ2n) is 2.57. The molecule has 0 bridgehead atoms. The summed E-state index contributed by atoms with van der Waals surface area (Å²) in [6, 6.07) is 4.08. The van der Waals surface area contributed by atoms with E-state index < -0.39 is 0 Å². The number of benzene rings is 1. The van der Waals surface area contributed by atoms with E-state index in [1.807, 2.05) is 11.4 Å². The van der Waals surface area contributed by atoms with Crippen LogP contribution in [-0.2, 0) is 0 Å². The van der Waals surface area contributed by atoms with Crippen LogP contribution in [0.25, 0.3) is 10.1 Å². The third-order valence-corrected chi connectivity index (χ3v) is 3.85. The Kier molecular flexibility index (Phi) is 2.67. The summed E-state index contributed by atoms with van der Waals surface area (Å²) >= 11 is 9.90. The van der Waals surface area contributed by atoms with Crippen molar-refractivity contribution in [2.24, 2.45) is 0 Å². The van der Waals surface area contributed by atoms with Gasteiger partial charge in [0.05, 0.1) is 16.8 Å². The van der Waals surface area contributed by atoms with E-state index in [1.165, 1.54) is 0 Å². The quantitative estimate of drug-likeness (QED) is 0.716. The predicted molar refractivity (Wildman–Crippen MR) is 66.1 cm³/mol.